The van der Waals surface area contributed by atoms with E-state index < -0.39 is 0 Å². The van der Waals surface area contributed by atoms with E-state index >= 15 is 0 Å². The van der Waals surface area contributed by atoms with Crippen molar-refractivity contribution >= 4 is 5.91 Å². The van der Waals surface area contributed by atoms with Crippen LogP contribution in [0.3, 0.4) is 0 Å². The number of hydrogen-bond acceptors (Lipinski definition) is 3. The average molecular weight is 357 g/mol. The number of amides is 1. The van der Waals surface area contributed by atoms with Gasteiger partial charge in [0, 0.05) is 12.5 Å². The van der Waals surface area contributed by atoms with Crippen molar-refractivity contribution in [1.82, 2.24) is 20.1 Å². The lowest BCUT2D eigenvalue weighted by atomic mass is 9.49. The van der Waals surface area contributed by atoms with Crippen LogP contribution in [0.25, 0.3) is 0 Å². The van der Waals surface area contributed by atoms with Crippen molar-refractivity contribution in [2.24, 2.45) is 23.2 Å². The van der Waals surface area contributed by atoms with E-state index in [0.717, 1.165) is 30.0 Å². The molecule has 5 saturated carbocycles. The molecule has 0 unspecified atom stereocenters. The summed E-state index contributed by atoms with van der Waals surface area (Å²) in [6, 6.07) is 0.460. The lowest BCUT2D eigenvalue weighted by molar-refractivity contribution is -0.130. The van der Waals surface area contributed by atoms with Crippen molar-refractivity contribution in [3.8, 4) is 0 Å². The van der Waals surface area contributed by atoms with E-state index in [-0.39, 0.29) is 11.9 Å². The van der Waals surface area contributed by atoms with Crippen LogP contribution in [0.2, 0.25) is 0 Å². The summed E-state index contributed by atoms with van der Waals surface area (Å²) in [5.41, 5.74) is 0.303. The van der Waals surface area contributed by atoms with Crippen molar-refractivity contribution in [2.75, 3.05) is 0 Å². The predicted molar refractivity (Wildman–Crippen MR) is 99.3 cm³/mol. The van der Waals surface area contributed by atoms with Crippen LogP contribution in [0.1, 0.15) is 95.5 Å². The maximum atomic E-state index is 12.9. The lowest BCUT2D eigenvalue weighted by Crippen LogP contribution is -2.48. The fraction of sp³-hybridized carbons (Fsp3) is 0.857. The molecule has 5 aliphatic carbocycles. The Bertz CT molecular complexity index is 640. The molecule has 6 rings (SSSR count). The largest absolute Gasteiger partial charge is 0.346 e. The highest BCUT2D eigenvalue weighted by molar-refractivity contribution is 5.77. The van der Waals surface area contributed by atoms with E-state index in [1.54, 1.807) is 0 Å². The van der Waals surface area contributed by atoms with E-state index in [2.05, 4.69) is 27.0 Å². The Morgan fingerprint density at radius 1 is 1.19 bits per heavy atom. The summed E-state index contributed by atoms with van der Waals surface area (Å²) >= 11 is 0. The predicted octanol–water partition coefficient (Wildman–Crippen LogP) is 4.18. The summed E-state index contributed by atoms with van der Waals surface area (Å²) in [4.78, 5) is 12.9. The van der Waals surface area contributed by atoms with Crippen LogP contribution >= 0.6 is 0 Å². The molecule has 5 aliphatic rings. The minimum Gasteiger partial charge on any atom is -0.346 e. The van der Waals surface area contributed by atoms with E-state index in [1.165, 1.54) is 64.2 Å². The highest BCUT2D eigenvalue weighted by Gasteiger charge is 2.51. The van der Waals surface area contributed by atoms with E-state index in [4.69, 9.17) is 0 Å². The van der Waals surface area contributed by atoms with Gasteiger partial charge in [0.2, 0.25) is 5.91 Å². The molecule has 5 nitrogen and oxygen atoms in total. The monoisotopic (exact) mass is 356 g/mol. The smallest absolute Gasteiger partial charge is 0.221 e. The molecule has 5 heteroatoms. The molecule has 1 aromatic rings. The van der Waals surface area contributed by atoms with Gasteiger partial charge in [-0.05, 0) is 81.5 Å². The third-order valence-corrected chi connectivity index (χ3v) is 7.78. The molecule has 1 aromatic heterocycles. The Balaban J connectivity index is 1.24. The fourth-order valence-electron chi connectivity index (χ4n) is 7.23. The number of nitrogens with one attached hydrogen (secondary N) is 1. The molecule has 0 aromatic carbocycles. The molecule has 142 valence electrons. The van der Waals surface area contributed by atoms with Gasteiger partial charge >= 0.3 is 0 Å². The van der Waals surface area contributed by atoms with Gasteiger partial charge in [-0.2, -0.15) is 0 Å². The Morgan fingerprint density at radius 3 is 2.42 bits per heavy atom. The van der Waals surface area contributed by atoms with E-state index in [0.29, 0.717) is 11.5 Å². The van der Waals surface area contributed by atoms with E-state index in [1.807, 2.05) is 6.33 Å². The second kappa shape index (κ2) is 6.35. The zero-order valence-electron chi connectivity index (χ0n) is 16.0. The Kier molecular flexibility index (Phi) is 4.09. The number of hydrogen-bond donors (Lipinski definition) is 1. The summed E-state index contributed by atoms with van der Waals surface area (Å²) < 4.78 is 2.21. The van der Waals surface area contributed by atoms with E-state index in [9.17, 15) is 4.79 Å². The molecule has 0 radical (unpaired) electrons. The van der Waals surface area contributed by atoms with Crippen LogP contribution in [0.4, 0.5) is 0 Å². The van der Waals surface area contributed by atoms with Crippen molar-refractivity contribution in [1.29, 1.82) is 0 Å². The van der Waals surface area contributed by atoms with Gasteiger partial charge in [-0.25, -0.2) is 0 Å². The second-order valence-electron chi connectivity index (χ2n) is 9.92. The first-order valence-corrected chi connectivity index (χ1v) is 10.8. The summed E-state index contributed by atoms with van der Waals surface area (Å²) in [5, 5.41) is 11.7. The van der Waals surface area contributed by atoms with Gasteiger partial charge in [0.05, 0.1) is 6.04 Å². The van der Waals surface area contributed by atoms with Gasteiger partial charge in [-0.15, -0.1) is 10.2 Å². The van der Waals surface area contributed by atoms with Crippen molar-refractivity contribution < 1.29 is 4.79 Å². The Morgan fingerprint density at radius 2 is 1.81 bits per heavy atom. The average Bonchev–Trinajstić information content (AvgIpc) is 3.24. The first kappa shape index (κ1) is 16.8. The van der Waals surface area contributed by atoms with Crippen molar-refractivity contribution in [3.05, 3.63) is 12.2 Å². The van der Waals surface area contributed by atoms with Gasteiger partial charge in [-0.1, -0.05) is 12.8 Å². The SMILES string of the molecule is C[C@@H](NC(=O)CC12CC3CC(CC(C3)C1)C2)c1nncn1C1CCCC1. The molecule has 0 saturated heterocycles. The standard InChI is InChI=1S/C21H32N4O/c1-14(20-24-22-13-25(20)18-4-2-3-5-18)23-19(26)12-21-9-15-6-16(10-21)8-17(7-15)11-21/h13-18H,2-12H2,1H3,(H,23,26)/t14-,15?,16?,17?,21?/m1/s1. The number of rotatable bonds is 5. The Labute approximate surface area is 156 Å². The molecular formula is C21H32N4O. The van der Waals surface area contributed by atoms with Crippen LogP contribution in [-0.2, 0) is 4.79 Å². The van der Waals surface area contributed by atoms with Gasteiger partial charge < -0.3 is 9.88 Å². The number of carbonyl (C=O) groups is 1. The fourth-order valence-corrected chi connectivity index (χ4v) is 7.23. The Hall–Kier alpha value is -1.39. The molecule has 0 spiro atoms. The molecule has 5 fully saturated rings. The first-order chi connectivity index (χ1) is 12.6. The zero-order valence-corrected chi connectivity index (χ0v) is 16.0. The minimum absolute atomic E-state index is 0.0560. The van der Waals surface area contributed by atoms with Gasteiger partial charge in [0.1, 0.15) is 6.33 Å². The molecular weight excluding hydrogens is 324 g/mol. The molecule has 1 heterocycles. The molecule has 1 atom stereocenters. The third-order valence-electron chi connectivity index (χ3n) is 7.78. The normalized spacial score (nSPS) is 37.2. The second-order valence-corrected chi connectivity index (χ2v) is 9.92. The van der Waals surface area contributed by atoms with Crippen LogP contribution in [0, 0.1) is 23.2 Å². The van der Waals surface area contributed by atoms with Crippen molar-refractivity contribution in [3.63, 3.8) is 0 Å². The highest BCUT2D eigenvalue weighted by Crippen LogP contribution is 2.61. The van der Waals surface area contributed by atoms with Gasteiger partial charge in [-0.3, -0.25) is 4.79 Å². The summed E-state index contributed by atoms with van der Waals surface area (Å²) in [7, 11) is 0. The lowest BCUT2D eigenvalue weighted by Gasteiger charge is -2.56. The van der Waals surface area contributed by atoms with Crippen LogP contribution in [-0.4, -0.2) is 20.7 Å². The summed E-state index contributed by atoms with van der Waals surface area (Å²) in [6.45, 7) is 2.06. The van der Waals surface area contributed by atoms with Crippen LogP contribution < -0.4 is 5.32 Å². The molecule has 4 bridgehead atoms. The van der Waals surface area contributed by atoms with Crippen molar-refractivity contribution in [2.45, 2.75) is 89.6 Å². The molecule has 1 amide bonds. The third kappa shape index (κ3) is 2.97. The highest BCUT2D eigenvalue weighted by atomic mass is 16.1. The van der Waals surface area contributed by atoms with Crippen LogP contribution in [0.5, 0.6) is 0 Å². The summed E-state index contributed by atoms with van der Waals surface area (Å²) in [5.74, 6) is 3.85. The van der Waals surface area contributed by atoms with Gasteiger partial charge in [0.25, 0.3) is 0 Å². The zero-order chi connectivity index (χ0) is 17.7. The maximum Gasteiger partial charge on any atom is 0.221 e. The minimum atomic E-state index is -0.0560. The molecule has 1 N–H and O–H groups in total. The first-order valence-electron chi connectivity index (χ1n) is 10.8. The number of carbonyl (C=O) groups excluding carboxylic acids is 1. The summed E-state index contributed by atoms with van der Waals surface area (Å²) in [6.07, 6.45) is 15.7. The quantitative estimate of drug-likeness (QED) is 0.861. The van der Waals surface area contributed by atoms with Crippen LogP contribution in [0.15, 0.2) is 6.33 Å². The maximum absolute atomic E-state index is 12.9. The number of aromatic nitrogens is 3. The molecule has 0 aliphatic heterocycles. The number of nitrogens with zero attached hydrogens (tertiary/aromatic N) is 3. The van der Waals surface area contributed by atoms with Gasteiger partial charge in [0.15, 0.2) is 5.82 Å². The molecule has 26 heavy (non-hydrogen) atoms. The topological polar surface area (TPSA) is 59.8 Å².